The molecule has 0 saturated carbocycles. The highest BCUT2D eigenvalue weighted by molar-refractivity contribution is 14.0. The number of sulfone groups is 1. The van der Waals surface area contributed by atoms with Gasteiger partial charge in [-0.25, -0.2) is 8.42 Å². The van der Waals surface area contributed by atoms with E-state index >= 15 is 0 Å². The lowest BCUT2D eigenvalue weighted by Gasteiger charge is -2.21. The first-order valence-corrected chi connectivity index (χ1v) is 8.98. The summed E-state index contributed by atoms with van der Waals surface area (Å²) in [4.78, 5) is 5.37. The Kier molecular flexibility index (Phi) is 7.38. The van der Waals surface area contributed by atoms with E-state index in [1.807, 2.05) is 0 Å². The van der Waals surface area contributed by atoms with Crippen LogP contribution in [0.5, 0.6) is 0 Å². The van der Waals surface area contributed by atoms with Gasteiger partial charge in [0.15, 0.2) is 15.8 Å². The van der Waals surface area contributed by atoms with Crippen LogP contribution in [0.15, 0.2) is 4.99 Å². The molecule has 2 saturated heterocycles. The van der Waals surface area contributed by atoms with Crippen LogP contribution in [0.25, 0.3) is 0 Å². The third-order valence-electron chi connectivity index (χ3n) is 3.81. The summed E-state index contributed by atoms with van der Waals surface area (Å²) in [5.74, 6) is 0.671. The van der Waals surface area contributed by atoms with Crippen LogP contribution in [0.2, 0.25) is 0 Å². The standard InChI is InChI=1S/C12H21F3N4O2S.HI/c1-16-11(18-10-3-5-22(20,21)7-10)17-9-2-4-19(6-9)8-12(13,14)15;/h9-10H,2-8H2,1H3,(H2,16,17,18);1H. The summed E-state index contributed by atoms with van der Waals surface area (Å²) < 4.78 is 59.9. The van der Waals surface area contributed by atoms with Gasteiger partial charge in [-0.1, -0.05) is 0 Å². The summed E-state index contributed by atoms with van der Waals surface area (Å²) in [6.45, 7) is -0.229. The van der Waals surface area contributed by atoms with Crippen molar-refractivity contribution in [2.45, 2.75) is 31.1 Å². The first-order valence-electron chi connectivity index (χ1n) is 7.16. The quantitative estimate of drug-likeness (QED) is 0.359. The lowest BCUT2D eigenvalue weighted by molar-refractivity contribution is -0.143. The number of halogens is 4. The van der Waals surface area contributed by atoms with Crippen molar-refractivity contribution in [3.8, 4) is 0 Å². The fraction of sp³-hybridized carbons (Fsp3) is 0.917. The molecular weight excluding hydrogens is 448 g/mol. The molecule has 0 amide bonds. The van der Waals surface area contributed by atoms with Gasteiger partial charge < -0.3 is 10.6 Å². The number of hydrogen-bond donors (Lipinski definition) is 2. The molecule has 136 valence electrons. The monoisotopic (exact) mass is 470 g/mol. The van der Waals surface area contributed by atoms with Crippen LogP contribution in [0.4, 0.5) is 13.2 Å². The molecule has 2 heterocycles. The maximum atomic E-state index is 12.4. The molecule has 0 aromatic rings. The Balaban J connectivity index is 0.00000264. The Morgan fingerprint density at radius 3 is 2.43 bits per heavy atom. The lowest BCUT2D eigenvalue weighted by atomic mass is 10.2. The molecule has 0 radical (unpaired) electrons. The van der Waals surface area contributed by atoms with Crippen LogP contribution in [-0.4, -0.2) is 75.7 Å². The molecule has 2 rings (SSSR count). The average Bonchev–Trinajstić information content (AvgIpc) is 2.93. The number of rotatable bonds is 3. The van der Waals surface area contributed by atoms with E-state index in [0.717, 1.165) is 0 Å². The zero-order valence-electron chi connectivity index (χ0n) is 12.8. The van der Waals surface area contributed by atoms with Crippen molar-refractivity contribution >= 4 is 39.8 Å². The second kappa shape index (κ2) is 8.19. The first-order chi connectivity index (χ1) is 10.2. The molecular formula is C12H22F3IN4O2S. The molecule has 0 aliphatic carbocycles. The summed E-state index contributed by atoms with van der Waals surface area (Å²) >= 11 is 0. The van der Waals surface area contributed by atoms with Crippen molar-refractivity contribution in [2.75, 3.05) is 38.2 Å². The molecule has 2 aliphatic heterocycles. The van der Waals surface area contributed by atoms with Gasteiger partial charge in [0.1, 0.15) is 0 Å². The Labute approximate surface area is 151 Å². The molecule has 2 fully saturated rings. The lowest BCUT2D eigenvalue weighted by Crippen LogP contribution is -2.48. The Bertz CT molecular complexity index is 527. The molecule has 2 N–H and O–H groups in total. The van der Waals surface area contributed by atoms with Gasteiger partial charge in [0, 0.05) is 32.2 Å². The van der Waals surface area contributed by atoms with E-state index in [9.17, 15) is 21.6 Å². The summed E-state index contributed by atoms with van der Waals surface area (Å²) in [6, 6.07) is -0.310. The van der Waals surface area contributed by atoms with E-state index in [0.29, 0.717) is 31.9 Å². The second-order valence-corrected chi connectivity index (χ2v) is 8.03. The minimum atomic E-state index is -4.19. The number of likely N-dealkylation sites (tertiary alicyclic amines) is 1. The average molecular weight is 470 g/mol. The Morgan fingerprint density at radius 2 is 1.91 bits per heavy atom. The molecule has 6 nitrogen and oxygen atoms in total. The van der Waals surface area contributed by atoms with Gasteiger partial charge in [0.25, 0.3) is 0 Å². The fourth-order valence-electron chi connectivity index (χ4n) is 2.81. The third-order valence-corrected chi connectivity index (χ3v) is 5.58. The van der Waals surface area contributed by atoms with Gasteiger partial charge in [-0.2, -0.15) is 13.2 Å². The minimum Gasteiger partial charge on any atom is -0.353 e. The van der Waals surface area contributed by atoms with E-state index < -0.39 is 22.6 Å². The Hall–Kier alpha value is -0.300. The third kappa shape index (κ3) is 6.99. The van der Waals surface area contributed by atoms with Crippen molar-refractivity contribution in [2.24, 2.45) is 4.99 Å². The van der Waals surface area contributed by atoms with Crippen LogP contribution in [0.1, 0.15) is 12.8 Å². The number of guanidine groups is 1. The number of nitrogens with one attached hydrogen (secondary N) is 2. The van der Waals surface area contributed by atoms with Gasteiger partial charge >= 0.3 is 6.18 Å². The molecule has 23 heavy (non-hydrogen) atoms. The van der Waals surface area contributed by atoms with Gasteiger partial charge in [0.2, 0.25) is 0 Å². The van der Waals surface area contributed by atoms with Gasteiger partial charge in [-0.05, 0) is 12.8 Å². The van der Waals surface area contributed by atoms with Crippen molar-refractivity contribution in [1.82, 2.24) is 15.5 Å². The van der Waals surface area contributed by atoms with E-state index in [2.05, 4.69) is 15.6 Å². The normalized spacial score (nSPS) is 28.4. The molecule has 0 aromatic heterocycles. The fourth-order valence-corrected chi connectivity index (χ4v) is 4.49. The van der Waals surface area contributed by atoms with Crippen LogP contribution < -0.4 is 10.6 Å². The van der Waals surface area contributed by atoms with Crippen LogP contribution in [-0.2, 0) is 9.84 Å². The smallest absolute Gasteiger partial charge is 0.353 e. The molecule has 0 spiro atoms. The summed E-state index contributed by atoms with van der Waals surface area (Å²) in [5.41, 5.74) is 0. The van der Waals surface area contributed by atoms with Crippen molar-refractivity contribution in [3.63, 3.8) is 0 Å². The predicted molar refractivity (Wildman–Crippen MR) is 93.0 cm³/mol. The van der Waals surface area contributed by atoms with Crippen molar-refractivity contribution in [1.29, 1.82) is 0 Å². The maximum Gasteiger partial charge on any atom is 0.401 e. The summed E-state index contributed by atoms with van der Waals surface area (Å²) in [7, 11) is -1.43. The molecule has 11 heteroatoms. The molecule has 0 aromatic carbocycles. The van der Waals surface area contributed by atoms with Crippen molar-refractivity contribution in [3.05, 3.63) is 0 Å². The molecule has 0 bridgehead atoms. The largest absolute Gasteiger partial charge is 0.401 e. The summed E-state index contributed by atoms with van der Waals surface area (Å²) in [6.07, 6.45) is -3.07. The highest BCUT2D eigenvalue weighted by Crippen LogP contribution is 2.20. The van der Waals surface area contributed by atoms with Crippen LogP contribution in [0, 0.1) is 0 Å². The van der Waals surface area contributed by atoms with Gasteiger partial charge in [-0.3, -0.25) is 9.89 Å². The Morgan fingerprint density at radius 1 is 1.26 bits per heavy atom. The highest BCUT2D eigenvalue weighted by Gasteiger charge is 2.35. The number of aliphatic imine (C=N–C) groups is 1. The molecule has 2 unspecified atom stereocenters. The van der Waals surface area contributed by atoms with E-state index in [-0.39, 0.29) is 47.6 Å². The minimum absolute atomic E-state index is 0. The second-order valence-electron chi connectivity index (χ2n) is 5.80. The van der Waals surface area contributed by atoms with Gasteiger partial charge in [0.05, 0.1) is 18.1 Å². The first kappa shape index (κ1) is 20.7. The zero-order valence-corrected chi connectivity index (χ0v) is 15.9. The number of alkyl halides is 3. The molecule has 2 atom stereocenters. The number of hydrogen-bond acceptors (Lipinski definition) is 4. The highest BCUT2D eigenvalue weighted by atomic mass is 127. The van der Waals surface area contributed by atoms with Crippen LogP contribution >= 0.6 is 24.0 Å². The van der Waals surface area contributed by atoms with Crippen molar-refractivity contribution < 1.29 is 21.6 Å². The van der Waals surface area contributed by atoms with Crippen LogP contribution in [0.3, 0.4) is 0 Å². The SMILES string of the molecule is CN=C(NC1CCN(CC(F)(F)F)C1)NC1CCS(=O)(=O)C1.I. The topological polar surface area (TPSA) is 73.8 Å². The summed E-state index contributed by atoms with van der Waals surface area (Å²) in [5, 5.41) is 6.10. The van der Waals surface area contributed by atoms with Gasteiger partial charge in [-0.15, -0.1) is 24.0 Å². The number of nitrogens with zero attached hydrogens (tertiary/aromatic N) is 2. The predicted octanol–water partition coefficient (Wildman–Crippen LogP) is 0.593. The van der Waals surface area contributed by atoms with E-state index in [1.54, 1.807) is 7.05 Å². The maximum absolute atomic E-state index is 12.4. The van der Waals surface area contributed by atoms with E-state index in [4.69, 9.17) is 0 Å². The van der Waals surface area contributed by atoms with E-state index in [1.165, 1.54) is 4.90 Å². The molecule has 2 aliphatic rings. The zero-order chi connectivity index (χ0) is 16.4.